The molecule has 8 nitrogen and oxygen atoms in total. The Morgan fingerprint density at radius 3 is 2.63 bits per heavy atom. The molecular formula is C35H32F3N3O5. The van der Waals surface area contributed by atoms with Crippen LogP contribution in [0.25, 0.3) is 21.7 Å². The number of phenols is 1. The van der Waals surface area contributed by atoms with Crippen molar-refractivity contribution in [3.8, 4) is 23.0 Å². The minimum Gasteiger partial charge on any atom is -0.504 e. The molecule has 238 valence electrons. The molecule has 1 aliphatic heterocycles. The number of ether oxygens (including phenoxy) is 3. The summed E-state index contributed by atoms with van der Waals surface area (Å²) >= 11 is 0. The van der Waals surface area contributed by atoms with Gasteiger partial charge in [0.25, 0.3) is 5.91 Å². The van der Waals surface area contributed by atoms with Crippen LogP contribution in [0.4, 0.5) is 18.9 Å². The van der Waals surface area contributed by atoms with Crippen LogP contribution in [0.1, 0.15) is 27.9 Å². The van der Waals surface area contributed by atoms with Crippen molar-refractivity contribution in [2.75, 3.05) is 44.8 Å². The molecule has 0 atom stereocenters. The zero-order valence-corrected chi connectivity index (χ0v) is 25.1. The molecule has 1 aliphatic rings. The minimum absolute atomic E-state index is 0.0260. The largest absolute Gasteiger partial charge is 0.504 e. The summed E-state index contributed by atoms with van der Waals surface area (Å²) in [6.07, 6.45) is -2.11. The van der Waals surface area contributed by atoms with Crippen LogP contribution >= 0.6 is 0 Å². The Hall–Kier alpha value is -4.87. The van der Waals surface area contributed by atoms with Gasteiger partial charge < -0.3 is 24.6 Å². The van der Waals surface area contributed by atoms with Crippen LogP contribution in [-0.2, 0) is 10.9 Å². The number of aromatic hydroxyl groups is 1. The second kappa shape index (κ2) is 13.2. The Labute approximate surface area is 263 Å². The van der Waals surface area contributed by atoms with Crippen LogP contribution in [0.5, 0.6) is 23.0 Å². The van der Waals surface area contributed by atoms with Crippen LogP contribution in [0, 0.1) is 6.92 Å². The number of rotatable bonds is 9. The Bertz CT molecular complexity index is 1890. The second-order valence-electron chi connectivity index (χ2n) is 11.1. The highest BCUT2D eigenvalue weighted by Gasteiger charge is 2.31. The van der Waals surface area contributed by atoms with E-state index in [2.05, 4.69) is 15.2 Å². The third-order valence-corrected chi connectivity index (χ3v) is 7.90. The molecule has 5 aromatic rings. The van der Waals surface area contributed by atoms with E-state index in [0.717, 1.165) is 51.4 Å². The molecule has 0 unspecified atom stereocenters. The lowest BCUT2D eigenvalue weighted by Crippen LogP contribution is -2.37. The lowest BCUT2D eigenvalue weighted by Gasteiger charge is -2.26. The minimum atomic E-state index is -4.53. The van der Waals surface area contributed by atoms with Crippen LogP contribution < -0.4 is 14.8 Å². The topological polar surface area (TPSA) is 93.2 Å². The van der Waals surface area contributed by atoms with Crippen molar-refractivity contribution in [1.82, 2.24) is 9.88 Å². The monoisotopic (exact) mass is 631 g/mol. The van der Waals surface area contributed by atoms with Gasteiger partial charge in [0.2, 0.25) is 0 Å². The van der Waals surface area contributed by atoms with Gasteiger partial charge in [0.05, 0.1) is 30.9 Å². The molecule has 0 radical (unpaired) electrons. The quantitative estimate of drug-likeness (QED) is 0.162. The number of carbonyl (C=O) groups excluding carboxylic acids is 1. The van der Waals surface area contributed by atoms with Crippen molar-refractivity contribution in [2.45, 2.75) is 19.5 Å². The number of anilines is 1. The average molecular weight is 632 g/mol. The number of fused-ring (bicyclic) bond motifs is 2. The maximum Gasteiger partial charge on any atom is 0.416 e. The van der Waals surface area contributed by atoms with E-state index in [-0.39, 0.29) is 11.4 Å². The molecule has 11 heteroatoms. The van der Waals surface area contributed by atoms with E-state index in [1.165, 1.54) is 6.07 Å². The molecule has 2 N–H and O–H groups in total. The van der Waals surface area contributed by atoms with Gasteiger partial charge in [-0.2, -0.15) is 13.2 Å². The molecule has 1 fully saturated rings. The zero-order chi connectivity index (χ0) is 32.3. The van der Waals surface area contributed by atoms with Gasteiger partial charge in [-0.15, -0.1) is 0 Å². The first-order chi connectivity index (χ1) is 22.2. The standard InChI is InChI=1S/C35H32F3N3O5/c1-22-6-7-24(35(36,37)38)19-29(22)40-34(43)27-5-2-4-23-18-25(8-9-26(23)27)46-32-10-11-39-30-21-33(31(42)20-28(30)32)45-15-3-12-41-13-16-44-17-14-41/h2,4-11,18-21,42H,3,12-17H2,1H3,(H,40,43). The summed E-state index contributed by atoms with van der Waals surface area (Å²) in [5.74, 6) is 0.732. The van der Waals surface area contributed by atoms with Crippen LogP contribution in [0.15, 0.2) is 79.0 Å². The third kappa shape index (κ3) is 7.00. The molecule has 0 saturated carbocycles. The molecule has 0 aliphatic carbocycles. The molecule has 0 bridgehead atoms. The smallest absolute Gasteiger partial charge is 0.416 e. The van der Waals surface area contributed by atoms with E-state index in [1.807, 2.05) is 6.07 Å². The number of aromatic nitrogens is 1. The number of amides is 1. The summed E-state index contributed by atoms with van der Waals surface area (Å²) in [5.41, 5.74) is 0.649. The Morgan fingerprint density at radius 1 is 1.00 bits per heavy atom. The number of benzene rings is 4. The molecule has 1 saturated heterocycles. The van der Waals surface area contributed by atoms with Gasteiger partial charge in [0.1, 0.15) is 11.5 Å². The number of morpholine rings is 1. The number of nitrogens with one attached hydrogen (secondary N) is 1. The van der Waals surface area contributed by atoms with Gasteiger partial charge in [-0.25, -0.2) is 0 Å². The number of pyridine rings is 1. The first-order valence-electron chi connectivity index (χ1n) is 14.9. The number of phenolic OH excluding ortho intramolecular Hbond substituents is 1. The van der Waals surface area contributed by atoms with Gasteiger partial charge >= 0.3 is 6.18 Å². The normalized spacial score (nSPS) is 14.0. The molecule has 2 heterocycles. The number of hydrogen-bond donors (Lipinski definition) is 2. The van der Waals surface area contributed by atoms with Crippen molar-refractivity contribution in [1.29, 1.82) is 0 Å². The van der Waals surface area contributed by atoms with E-state index in [9.17, 15) is 23.1 Å². The van der Waals surface area contributed by atoms with Crippen LogP contribution in [0.2, 0.25) is 0 Å². The van der Waals surface area contributed by atoms with Crippen molar-refractivity contribution in [3.05, 3.63) is 95.7 Å². The lowest BCUT2D eigenvalue weighted by atomic mass is 10.0. The van der Waals surface area contributed by atoms with E-state index in [1.54, 1.807) is 61.7 Å². The average Bonchev–Trinajstić information content (AvgIpc) is 3.04. The fourth-order valence-electron chi connectivity index (χ4n) is 5.41. The Balaban J connectivity index is 1.17. The molecule has 4 aromatic carbocycles. The highest BCUT2D eigenvalue weighted by Crippen LogP contribution is 2.37. The second-order valence-corrected chi connectivity index (χ2v) is 11.1. The predicted octanol–water partition coefficient (Wildman–Crippen LogP) is 7.57. The van der Waals surface area contributed by atoms with Crippen LogP contribution in [-0.4, -0.2) is 60.4 Å². The molecule has 0 spiro atoms. The van der Waals surface area contributed by atoms with Gasteiger partial charge in [-0.05, 0) is 78.2 Å². The SMILES string of the molecule is Cc1ccc(C(F)(F)F)cc1NC(=O)c1cccc2cc(Oc3ccnc4cc(OCCCN5CCOCC5)c(O)cc34)ccc12. The third-order valence-electron chi connectivity index (χ3n) is 7.90. The highest BCUT2D eigenvalue weighted by atomic mass is 19.4. The predicted molar refractivity (Wildman–Crippen MR) is 169 cm³/mol. The number of carbonyl (C=O) groups is 1. The number of hydrogen-bond acceptors (Lipinski definition) is 7. The maximum absolute atomic E-state index is 13.2. The molecule has 6 rings (SSSR count). The van der Waals surface area contributed by atoms with Crippen molar-refractivity contribution in [3.63, 3.8) is 0 Å². The summed E-state index contributed by atoms with van der Waals surface area (Å²) < 4.78 is 57.2. The van der Waals surface area contributed by atoms with E-state index >= 15 is 0 Å². The van der Waals surface area contributed by atoms with Gasteiger partial charge in [0.15, 0.2) is 11.5 Å². The van der Waals surface area contributed by atoms with E-state index in [0.29, 0.717) is 56.7 Å². The zero-order valence-electron chi connectivity index (χ0n) is 25.1. The number of alkyl halides is 3. The molecule has 1 aromatic heterocycles. The Kier molecular flexibility index (Phi) is 8.96. The lowest BCUT2D eigenvalue weighted by molar-refractivity contribution is -0.137. The van der Waals surface area contributed by atoms with E-state index < -0.39 is 17.6 Å². The summed E-state index contributed by atoms with van der Waals surface area (Å²) in [6.45, 7) is 6.27. The fraction of sp³-hybridized carbons (Fsp3) is 0.257. The number of halogens is 3. The van der Waals surface area contributed by atoms with Crippen LogP contribution in [0.3, 0.4) is 0 Å². The van der Waals surface area contributed by atoms with Gasteiger partial charge in [0, 0.05) is 48.5 Å². The number of aryl methyl sites for hydroxylation is 1. The van der Waals surface area contributed by atoms with Crippen molar-refractivity contribution >= 4 is 33.3 Å². The van der Waals surface area contributed by atoms with Gasteiger partial charge in [-0.3, -0.25) is 14.7 Å². The highest BCUT2D eigenvalue weighted by molar-refractivity contribution is 6.13. The Morgan fingerprint density at radius 2 is 1.83 bits per heavy atom. The molecule has 1 amide bonds. The fourth-order valence-corrected chi connectivity index (χ4v) is 5.41. The van der Waals surface area contributed by atoms with Crippen molar-refractivity contribution in [2.24, 2.45) is 0 Å². The van der Waals surface area contributed by atoms with Gasteiger partial charge in [-0.1, -0.05) is 18.2 Å². The summed E-state index contributed by atoms with van der Waals surface area (Å²) in [6, 6.07) is 18.5. The summed E-state index contributed by atoms with van der Waals surface area (Å²) in [4.78, 5) is 20.0. The first kappa shape index (κ1) is 31.1. The summed E-state index contributed by atoms with van der Waals surface area (Å²) in [5, 5.41) is 15.2. The molecule has 46 heavy (non-hydrogen) atoms. The van der Waals surface area contributed by atoms with Crippen molar-refractivity contribution < 1.29 is 37.3 Å². The maximum atomic E-state index is 13.2. The number of nitrogens with zero attached hydrogens (tertiary/aromatic N) is 2. The molecular weight excluding hydrogens is 599 g/mol. The summed E-state index contributed by atoms with van der Waals surface area (Å²) in [7, 11) is 0. The van der Waals surface area contributed by atoms with E-state index in [4.69, 9.17) is 14.2 Å². The first-order valence-corrected chi connectivity index (χ1v) is 14.9.